The van der Waals surface area contributed by atoms with Crippen LogP contribution in [0.1, 0.15) is 23.7 Å². The Morgan fingerprint density at radius 3 is 2.71 bits per heavy atom. The van der Waals surface area contributed by atoms with Crippen molar-refractivity contribution in [1.82, 2.24) is 10.2 Å². The highest BCUT2D eigenvalue weighted by Crippen LogP contribution is 2.39. The monoisotopic (exact) mass is 400 g/mol. The number of nitrogens with one attached hydrogen (secondary N) is 2. The normalized spacial score (nSPS) is 13.7. The highest BCUT2D eigenvalue weighted by molar-refractivity contribution is 6.36. The summed E-state index contributed by atoms with van der Waals surface area (Å²) in [4.78, 5) is 4.76. The van der Waals surface area contributed by atoms with E-state index in [9.17, 15) is 4.39 Å². The van der Waals surface area contributed by atoms with Crippen molar-refractivity contribution in [1.29, 1.82) is 0 Å². The third-order valence-corrected chi connectivity index (χ3v) is 4.80. The van der Waals surface area contributed by atoms with Crippen molar-refractivity contribution in [3.05, 3.63) is 64.1 Å². The zero-order valence-electron chi connectivity index (χ0n) is 15.5. The van der Waals surface area contributed by atoms with Gasteiger partial charge in [0.2, 0.25) is 0 Å². The lowest BCUT2D eigenvalue weighted by Crippen LogP contribution is -2.15. The van der Waals surface area contributed by atoms with Gasteiger partial charge in [0.25, 0.3) is 0 Å². The molecule has 2 aromatic carbocycles. The van der Waals surface area contributed by atoms with Crippen LogP contribution in [0, 0.1) is 12.7 Å². The number of rotatable bonds is 4. The molecule has 1 aromatic heterocycles. The summed E-state index contributed by atoms with van der Waals surface area (Å²) in [5, 5.41) is 10.9. The number of anilines is 2. The van der Waals surface area contributed by atoms with Gasteiger partial charge >= 0.3 is 0 Å². The predicted octanol–water partition coefficient (Wildman–Crippen LogP) is 5.11. The van der Waals surface area contributed by atoms with E-state index in [2.05, 4.69) is 15.5 Å². The Kier molecular flexibility index (Phi) is 4.78. The molecule has 0 amide bonds. The molecule has 0 spiro atoms. The topological polar surface area (TPSA) is 71.5 Å². The van der Waals surface area contributed by atoms with Crippen LogP contribution in [0.25, 0.3) is 0 Å². The van der Waals surface area contributed by atoms with E-state index in [-0.39, 0.29) is 5.75 Å². The fraction of sp³-hybridized carbons (Fsp3) is 0.200. The smallest absolute Gasteiger partial charge is 0.196 e. The van der Waals surface area contributed by atoms with Crippen LogP contribution < -0.4 is 10.1 Å². The Labute approximate surface area is 166 Å². The molecular formula is C20H18ClFN4O2. The quantitative estimate of drug-likeness (QED) is 0.467. The van der Waals surface area contributed by atoms with Crippen molar-refractivity contribution >= 4 is 34.5 Å². The van der Waals surface area contributed by atoms with E-state index in [0.29, 0.717) is 39.1 Å². The summed E-state index contributed by atoms with van der Waals surface area (Å²) in [6.45, 7) is 3.55. The van der Waals surface area contributed by atoms with Crippen molar-refractivity contribution in [2.75, 3.05) is 12.4 Å². The zero-order chi connectivity index (χ0) is 19.8. The minimum absolute atomic E-state index is 0.0646. The summed E-state index contributed by atoms with van der Waals surface area (Å²) in [5.41, 5.74) is 3.81. The molecule has 0 radical (unpaired) electrons. The minimum Gasteiger partial charge on any atom is -0.462 e. The van der Waals surface area contributed by atoms with Crippen molar-refractivity contribution in [3.63, 3.8) is 0 Å². The highest BCUT2D eigenvalue weighted by Gasteiger charge is 2.25. The Balaban J connectivity index is 1.94. The molecule has 0 fully saturated rings. The number of hydrogen-bond donors (Lipinski definition) is 2. The SMILES string of the molecule is COC(C)Oc1cc2c(cc1F)C(c1ccccc1Cl)=Nc1c(n[nH]c1C)N2. The van der Waals surface area contributed by atoms with Crippen LogP contribution in [-0.2, 0) is 4.74 Å². The Hall–Kier alpha value is -2.90. The average molecular weight is 401 g/mol. The number of aliphatic imine (C=N–C) groups is 1. The molecule has 1 atom stereocenters. The maximum absolute atomic E-state index is 14.8. The van der Waals surface area contributed by atoms with Crippen molar-refractivity contribution in [3.8, 4) is 5.75 Å². The maximum Gasteiger partial charge on any atom is 0.196 e. The number of halogens is 2. The van der Waals surface area contributed by atoms with Gasteiger partial charge in [0.1, 0.15) is 5.69 Å². The number of fused-ring (bicyclic) bond motifs is 2. The van der Waals surface area contributed by atoms with Crippen molar-refractivity contribution < 1.29 is 13.9 Å². The van der Waals surface area contributed by atoms with E-state index < -0.39 is 12.1 Å². The molecular weight excluding hydrogens is 383 g/mol. The molecule has 28 heavy (non-hydrogen) atoms. The summed E-state index contributed by atoms with van der Waals surface area (Å²) < 4.78 is 25.4. The molecule has 1 unspecified atom stereocenters. The molecule has 144 valence electrons. The predicted molar refractivity (Wildman–Crippen MR) is 107 cm³/mol. The van der Waals surface area contributed by atoms with Crippen molar-refractivity contribution in [2.24, 2.45) is 4.99 Å². The summed E-state index contributed by atoms with van der Waals surface area (Å²) >= 11 is 6.42. The van der Waals surface area contributed by atoms with Gasteiger partial charge in [-0.3, -0.25) is 5.10 Å². The number of hydrogen-bond acceptors (Lipinski definition) is 5. The second kappa shape index (κ2) is 7.26. The lowest BCUT2D eigenvalue weighted by atomic mass is 10.00. The molecule has 4 rings (SSSR count). The second-order valence-corrected chi connectivity index (χ2v) is 6.77. The third kappa shape index (κ3) is 3.23. The molecule has 0 saturated heterocycles. The number of aromatic nitrogens is 2. The van der Waals surface area contributed by atoms with Crippen LogP contribution in [0.3, 0.4) is 0 Å². The first-order chi connectivity index (χ1) is 13.5. The van der Waals surface area contributed by atoms with E-state index in [1.165, 1.54) is 13.2 Å². The van der Waals surface area contributed by atoms with Gasteiger partial charge in [0, 0.05) is 29.3 Å². The molecule has 0 saturated carbocycles. The Morgan fingerprint density at radius 1 is 1.18 bits per heavy atom. The van der Waals surface area contributed by atoms with Gasteiger partial charge in [0.15, 0.2) is 23.7 Å². The molecule has 2 N–H and O–H groups in total. The second-order valence-electron chi connectivity index (χ2n) is 6.36. The largest absolute Gasteiger partial charge is 0.462 e. The first kappa shape index (κ1) is 18.5. The van der Waals surface area contributed by atoms with Crippen LogP contribution in [0.5, 0.6) is 5.75 Å². The van der Waals surface area contributed by atoms with E-state index in [1.54, 1.807) is 19.1 Å². The zero-order valence-corrected chi connectivity index (χ0v) is 16.3. The Morgan fingerprint density at radius 2 is 1.96 bits per heavy atom. The third-order valence-electron chi connectivity index (χ3n) is 4.47. The van der Waals surface area contributed by atoms with Crippen LogP contribution >= 0.6 is 11.6 Å². The number of methoxy groups -OCH3 is 1. The van der Waals surface area contributed by atoms with Crippen molar-refractivity contribution in [2.45, 2.75) is 20.1 Å². The lowest BCUT2D eigenvalue weighted by Gasteiger charge is -2.17. The first-order valence-electron chi connectivity index (χ1n) is 8.67. The summed E-state index contributed by atoms with van der Waals surface area (Å²) in [6.07, 6.45) is -0.599. The van der Waals surface area contributed by atoms with Gasteiger partial charge < -0.3 is 14.8 Å². The fourth-order valence-electron chi connectivity index (χ4n) is 2.98. The molecule has 1 aliphatic heterocycles. The summed E-state index contributed by atoms with van der Waals surface area (Å²) in [7, 11) is 1.49. The maximum atomic E-state index is 14.8. The Bertz CT molecular complexity index is 1080. The average Bonchev–Trinajstić information content (AvgIpc) is 2.93. The summed E-state index contributed by atoms with van der Waals surface area (Å²) in [5.74, 6) is 0.0787. The van der Waals surface area contributed by atoms with E-state index in [0.717, 1.165) is 5.69 Å². The first-order valence-corrected chi connectivity index (χ1v) is 9.04. The molecule has 8 heteroatoms. The molecule has 1 aliphatic rings. The van der Waals surface area contributed by atoms with E-state index in [1.807, 2.05) is 25.1 Å². The molecule has 0 aliphatic carbocycles. The number of ether oxygens (including phenoxy) is 2. The summed E-state index contributed by atoms with van der Waals surface area (Å²) in [6, 6.07) is 10.3. The highest BCUT2D eigenvalue weighted by atomic mass is 35.5. The number of aromatic amines is 1. The molecule has 0 bridgehead atoms. The van der Waals surface area contributed by atoms with Gasteiger partial charge in [-0.05, 0) is 26.0 Å². The van der Waals surface area contributed by atoms with Crippen LogP contribution in [0.2, 0.25) is 5.02 Å². The van der Waals surface area contributed by atoms with Gasteiger partial charge in [0.05, 0.1) is 17.1 Å². The number of aryl methyl sites for hydroxylation is 1. The van der Waals surface area contributed by atoms with Gasteiger partial charge in [-0.25, -0.2) is 9.38 Å². The van der Waals surface area contributed by atoms with Gasteiger partial charge in [-0.1, -0.05) is 29.8 Å². The number of H-pyrrole nitrogens is 1. The lowest BCUT2D eigenvalue weighted by molar-refractivity contribution is -0.0403. The molecule has 6 nitrogen and oxygen atoms in total. The standard InChI is InChI=1S/C20H18ClFN4O2/c1-10-18-20(26-25-10)23-16-9-17(28-11(2)27-3)15(22)8-13(16)19(24-18)12-6-4-5-7-14(12)21/h4-9,11H,1-3H3,(H2,23,25,26). The fourth-order valence-corrected chi connectivity index (χ4v) is 3.20. The van der Waals surface area contributed by atoms with Gasteiger partial charge in [-0.2, -0.15) is 5.10 Å². The van der Waals surface area contributed by atoms with Crippen LogP contribution in [0.4, 0.5) is 21.6 Å². The van der Waals surface area contributed by atoms with Gasteiger partial charge in [-0.15, -0.1) is 0 Å². The number of nitrogens with zero attached hydrogens (tertiary/aromatic N) is 2. The van der Waals surface area contributed by atoms with Crippen LogP contribution in [-0.4, -0.2) is 29.3 Å². The van der Waals surface area contributed by atoms with E-state index in [4.69, 9.17) is 26.1 Å². The van der Waals surface area contributed by atoms with E-state index >= 15 is 0 Å². The van der Waals surface area contributed by atoms with Crippen LogP contribution in [0.15, 0.2) is 41.4 Å². The number of benzene rings is 2. The molecule has 2 heterocycles. The minimum atomic E-state index is -0.599. The molecule has 3 aromatic rings.